The first-order valence-corrected chi connectivity index (χ1v) is 12.9. The van der Waals surface area contributed by atoms with Crippen LogP contribution >= 0.6 is 0 Å². The normalized spacial score (nSPS) is 19.7. The molecule has 2 amide bonds. The Morgan fingerprint density at radius 2 is 1.64 bits per heavy atom. The molecule has 192 valence electrons. The Labute approximate surface area is 213 Å². The van der Waals surface area contributed by atoms with E-state index in [1.807, 2.05) is 24.3 Å². The standard InChI is InChI=1S/C29H37N3O4/c1-22(2)19-32-25(17-23-9-5-3-6-10-23)18-29(28(32)36)13-15-30(16-14-29)20-26(33)31(21-27(34)35)24-11-7-4-8-12-24/h3-12,22,25H,13-21H2,1-2H3,(H,34,35). The van der Waals surface area contributed by atoms with Gasteiger partial charge in [-0.25, -0.2) is 0 Å². The largest absolute Gasteiger partial charge is 0.480 e. The van der Waals surface area contributed by atoms with E-state index in [0.29, 0.717) is 24.7 Å². The zero-order valence-corrected chi connectivity index (χ0v) is 21.3. The molecule has 2 aromatic rings. The zero-order valence-electron chi connectivity index (χ0n) is 21.3. The highest BCUT2D eigenvalue weighted by Gasteiger charge is 2.52. The van der Waals surface area contributed by atoms with Crippen LogP contribution in [-0.2, 0) is 20.8 Å². The molecule has 2 saturated heterocycles. The molecule has 2 heterocycles. The molecule has 2 aliphatic rings. The van der Waals surface area contributed by atoms with Crippen molar-refractivity contribution in [1.29, 1.82) is 0 Å². The van der Waals surface area contributed by atoms with E-state index in [1.54, 1.807) is 24.3 Å². The highest BCUT2D eigenvalue weighted by atomic mass is 16.4. The fourth-order valence-corrected chi connectivity index (χ4v) is 5.71. The monoisotopic (exact) mass is 491 g/mol. The Morgan fingerprint density at radius 3 is 2.22 bits per heavy atom. The summed E-state index contributed by atoms with van der Waals surface area (Å²) in [6.45, 7) is 6.16. The van der Waals surface area contributed by atoms with Crippen molar-refractivity contribution in [3.8, 4) is 0 Å². The number of rotatable bonds is 9. The zero-order chi connectivity index (χ0) is 25.7. The van der Waals surface area contributed by atoms with Gasteiger partial charge < -0.3 is 14.9 Å². The summed E-state index contributed by atoms with van der Waals surface area (Å²) in [7, 11) is 0. The van der Waals surface area contributed by atoms with E-state index < -0.39 is 5.97 Å². The molecular weight excluding hydrogens is 454 g/mol. The lowest BCUT2D eigenvalue weighted by atomic mass is 9.75. The molecule has 36 heavy (non-hydrogen) atoms. The summed E-state index contributed by atoms with van der Waals surface area (Å²) in [6, 6.07) is 19.5. The average molecular weight is 492 g/mol. The van der Waals surface area contributed by atoms with Gasteiger partial charge in [-0.2, -0.15) is 0 Å². The third-order valence-corrected chi connectivity index (χ3v) is 7.49. The molecule has 0 bridgehead atoms. The third kappa shape index (κ3) is 5.95. The highest BCUT2D eigenvalue weighted by Crippen LogP contribution is 2.45. The summed E-state index contributed by atoms with van der Waals surface area (Å²) < 4.78 is 0. The van der Waals surface area contributed by atoms with Crippen LogP contribution in [-0.4, -0.2) is 71.5 Å². The van der Waals surface area contributed by atoms with Crippen molar-refractivity contribution >= 4 is 23.5 Å². The second kappa shape index (κ2) is 11.2. The number of nitrogens with zero attached hydrogens (tertiary/aromatic N) is 3. The van der Waals surface area contributed by atoms with Crippen molar-refractivity contribution in [3.05, 3.63) is 66.2 Å². The van der Waals surface area contributed by atoms with Crippen LogP contribution in [0.2, 0.25) is 0 Å². The van der Waals surface area contributed by atoms with E-state index in [9.17, 15) is 19.5 Å². The van der Waals surface area contributed by atoms with Crippen molar-refractivity contribution in [3.63, 3.8) is 0 Å². The molecule has 2 aromatic carbocycles. The molecule has 1 unspecified atom stereocenters. The summed E-state index contributed by atoms with van der Waals surface area (Å²) in [5.74, 6) is -0.616. The predicted octanol–water partition coefficient (Wildman–Crippen LogP) is 3.69. The molecule has 0 aromatic heterocycles. The lowest BCUT2D eigenvalue weighted by Crippen LogP contribution is -2.49. The maximum absolute atomic E-state index is 13.7. The summed E-state index contributed by atoms with van der Waals surface area (Å²) in [4.78, 5) is 43.7. The average Bonchev–Trinajstić information content (AvgIpc) is 3.10. The molecule has 0 radical (unpaired) electrons. The van der Waals surface area contributed by atoms with Crippen LogP contribution < -0.4 is 4.90 Å². The first kappa shape index (κ1) is 25.9. The van der Waals surface area contributed by atoms with Crippen molar-refractivity contribution in [2.45, 2.75) is 45.6 Å². The van der Waals surface area contributed by atoms with Gasteiger partial charge in [-0.05, 0) is 62.4 Å². The molecule has 7 heteroatoms. The van der Waals surface area contributed by atoms with Crippen molar-refractivity contribution in [1.82, 2.24) is 9.80 Å². The molecule has 2 aliphatic heterocycles. The van der Waals surface area contributed by atoms with Crippen LogP contribution in [0.1, 0.15) is 38.7 Å². The van der Waals surface area contributed by atoms with Gasteiger partial charge in [0.15, 0.2) is 0 Å². The van der Waals surface area contributed by atoms with Gasteiger partial charge in [-0.3, -0.25) is 19.3 Å². The highest BCUT2D eigenvalue weighted by molar-refractivity contribution is 5.98. The summed E-state index contributed by atoms with van der Waals surface area (Å²) in [5.41, 5.74) is 1.47. The number of likely N-dealkylation sites (tertiary alicyclic amines) is 2. The number of carboxylic acid groups (broad SMARTS) is 1. The van der Waals surface area contributed by atoms with E-state index in [1.165, 1.54) is 10.5 Å². The van der Waals surface area contributed by atoms with Crippen LogP contribution in [0, 0.1) is 11.3 Å². The Hall–Kier alpha value is -3.19. The molecular formula is C29H37N3O4. The fourth-order valence-electron chi connectivity index (χ4n) is 5.71. The topological polar surface area (TPSA) is 81.2 Å². The number of aliphatic carboxylic acids is 1. The Balaban J connectivity index is 1.42. The van der Waals surface area contributed by atoms with Crippen LogP contribution in [0.25, 0.3) is 0 Å². The molecule has 1 spiro atoms. The van der Waals surface area contributed by atoms with Crippen LogP contribution in [0.4, 0.5) is 5.69 Å². The first-order chi connectivity index (χ1) is 17.3. The minimum atomic E-state index is -1.05. The van der Waals surface area contributed by atoms with Gasteiger partial charge in [0, 0.05) is 18.3 Å². The van der Waals surface area contributed by atoms with Crippen LogP contribution in [0.5, 0.6) is 0 Å². The van der Waals surface area contributed by atoms with Crippen molar-refractivity contribution < 1.29 is 19.5 Å². The number of benzene rings is 2. The molecule has 2 fully saturated rings. The van der Waals surface area contributed by atoms with Gasteiger partial charge in [0.1, 0.15) is 6.54 Å². The smallest absolute Gasteiger partial charge is 0.323 e. The van der Waals surface area contributed by atoms with Gasteiger partial charge in [0.2, 0.25) is 11.8 Å². The number of anilines is 1. The molecule has 1 N–H and O–H groups in total. The summed E-state index contributed by atoms with van der Waals surface area (Å²) in [6.07, 6.45) is 3.17. The van der Waals surface area contributed by atoms with Gasteiger partial charge in [-0.15, -0.1) is 0 Å². The molecule has 0 aliphatic carbocycles. The van der Waals surface area contributed by atoms with Gasteiger partial charge in [0.25, 0.3) is 0 Å². The number of amides is 2. The minimum absolute atomic E-state index is 0.148. The Bertz CT molecular complexity index is 1050. The second-order valence-corrected chi connectivity index (χ2v) is 10.7. The maximum atomic E-state index is 13.7. The number of carbonyl (C=O) groups is 3. The number of hydrogen-bond donors (Lipinski definition) is 1. The predicted molar refractivity (Wildman–Crippen MR) is 140 cm³/mol. The summed E-state index contributed by atoms with van der Waals surface area (Å²) in [5, 5.41) is 9.34. The maximum Gasteiger partial charge on any atom is 0.323 e. The number of para-hydroxylation sites is 1. The summed E-state index contributed by atoms with van der Waals surface area (Å²) >= 11 is 0. The van der Waals surface area contributed by atoms with Gasteiger partial charge >= 0.3 is 5.97 Å². The Kier molecular flexibility index (Phi) is 8.09. The molecule has 7 nitrogen and oxygen atoms in total. The number of carboxylic acids is 1. The molecule has 1 atom stereocenters. The first-order valence-electron chi connectivity index (χ1n) is 12.9. The van der Waals surface area contributed by atoms with Crippen molar-refractivity contribution in [2.75, 3.05) is 37.6 Å². The van der Waals surface area contributed by atoms with E-state index in [2.05, 4.69) is 35.8 Å². The van der Waals surface area contributed by atoms with Crippen LogP contribution in [0.3, 0.4) is 0 Å². The fraction of sp³-hybridized carbons (Fsp3) is 0.483. The van der Waals surface area contributed by atoms with E-state index in [4.69, 9.17) is 0 Å². The molecule has 4 rings (SSSR count). The third-order valence-electron chi connectivity index (χ3n) is 7.49. The Morgan fingerprint density at radius 1 is 1.03 bits per heavy atom. The lowest BCUT2D eigenvalue weighted by Gasteiger charge is -2.38. The number of carbonyl (C=O) groups excluding carboxylic acids is 2. The number of hydrogen-bond acceptors (Lipinski definition) is 4. The van der Waals surface area contributed by atoms with E-state index >= 15 is 0 Å². The van der Waals surface area contributed by atoms with Crippen molar-refractivity contribution in [2.24, 2.45) is 11.3 Å². The molecule has 0 saturated carbocycles. The SMILES string of the molecule is CC(C)CN1C(=O)C2(CCN(CC(=O)N(CC(=O)O)c3ccccc3)CC2)CC1Cc1ccccc1. The number of piperidine rings is 1. The van der Waals surface area contributed by atoms with Gasteiger partial charge in [0.05, 0.1) is 12.0 Å². The second-order valence-electron chi connectivity index (χ2n) is 10.7. The van der Waals surface area contributed by atoms with Crippen LogP contribution in [0.15, 0.2) is 60.7 Å². The van der Waals surface area contributed by atoms with Gasteiger partial charge in [-0.1, -0.05) is 62.4 Å². The lowest BCUT2D eigenvalue weighted by molar-refractivity contribution is -0.140. The minimum Gasteiger partial charge on any atom is -0.480 e. The van der Waals surface area contributed by atoms with E-state index in [0.717, 1.165) is 32.2 Å². The van der Waals surface area contributed by atoms with E-state index in [-0.39, 0.29) is 36.4 Å². The quantitative estimate of drug-likeness (QED) is 0.579.